The van der Waals surface area contributed by atoms with Crippen LogP contribution in [0, 0.1) is 5.82 Å². The van der Waals surface area contributed by atoms with Gasteiger partial charge in [0.25, 0.3) is 5.91 Å². The van der Waals surface area contributed by atoms with E-state index in [9.17, 15) is 9.18 Å². The number of benzene rings is 3. The van der Waals surface area contributed by atoms with Crippen LogP contribution in [0.4, 0.5) is 4.39 Å². The third-order valence-corrected chi connectivity index (χ3v) is 3.92. The zero-order chi connectivity index (χ0) is 19.8. The number of nitrogens with one attached hydrogen (secondary N) is 1. The van der Waals surface area contributed by atoms with Gasteiger partial charge in [-0.15, -0.1) is 0 Å². The van der Waals surface area contributed by atoms with Gasteiger partial charge >= 0.3 is 0 Å². The molecule has 0 atom stereocenters. The number of nitrogens with zero attached hydrogens (tertiary/aromatic N) is 1. The van der Waals surface area contributed by atoms with Crippen LogP contribution in [0.25, 0.3) is 0 Å². The summed E-state index contributed by atoms with van der Waals surface area (Å²) in [4.78, 5) is 12.1. The third kappa shape index (κ3) is 5.17. The Bertz CT molecular complexity index is 957. The first-order valence-corrected chi connectivity index (χ1v) is 8.59. The Morgan fingerprint density at radius 2 is 1.82 bits per heavy atom. The first-order chi connectivity index (χ1) is 13.7. The minimum Gasteiger partial charge on any atom is -0.494 e. The van der Waals surface area contributed by atoms with Gasteiger partial charge in [0.1, 0.15) is 12.4 Å². The standard InChI is InChI=1S/C22H19FN2O3/c1-27-21-12-9-17(13-20(21)23)14-24-25-22(26)18-10-7-16(8-11-18)15-28-19-5-3-2-4-6-19/h2-14H,15H2,1H3,(H,25,26)/b24-14-. The molecule has 0 fully saturated rings. The summed E-state index contributed by atoms with van der Waals surface area (Å²) in [7, 11) is 1.39. The number of hydrogen-bond acceptors (Lipinski definition) is 4. The monoisotopic (exact) mass is 378 g/mol. The lowest BCUT2D eigenvalue weighted by molar-refractivity contribution is 0.0955. The molecule has 3 aromatic rings. The van der Waals surface area contributed by atoms with Gasteiger partial charge in [0.2, 0.25) is 0 Å². The SMILES string of the molecule is COc1ccc(/C=N\NC(=O)c2ccc(COc3ccccc3)cc2)cc1F. The third-order valence-electron chi connectivity index (χ3n) is 3.92. The van der Waals surface area contributed by atoms with Gasteiger partial charge in [-0.05, 0) is 53.6 Å². The smallest absolute Gasteiger partial charge is 0.271 e. The van der Waals surface area contributed by atoms with Gasteiger partial charge in [-0.3, -0.25) is 4.79 Å². The highest BCUT2D eigenvalue weighted by Crippen LogP contribution is 2.16. The topological polar surface area (TPSA) is 59.9 Å². The molecule has 0 aliphatic carbocycles. The molecule has 1 N–H and O–H groups in total. The van der Waals surface area contributed by atoms with Crippen LogP contribution in [0.5, 0.6) is 11.5 Å². The van der Waals surface area contributed by atoms with Crippen molar-refractivity contribution in [2.24, 2.45) is 5.10 Å². The van der Waals surface area contributed by atoms with E-state index in [1.807, 2.05) is 42.5 Å². The fourth-order valence-electron chi connectivity index (χ4n) is 2.43. The van der Waals surface area contributed by atoms with Crippen LogP contribution in [-0.4, -0.2) is 19.2 Å². The Morgan fingerprint density at radius 3 is 2.50 bits per heavy atom. The van der Waals surface area contributed by atoms with Crippen molar-refractivity contribution in [3.63, 3.8) is 0 Å². The Morgan fingerprint density at radius 1 is 1.07 bits per heavy atom. The molecule has 3 rings (SSSR count). The van der Waals surface area contributed by atoms with E-state index in [0.29, 0.717) is 17.7 Å². The van der Waals surface area contributed by atoms with Crippen molar-refractivity contribution in [3.8, 4) is 11.5 Å². The summed E-state index contributed by atoms with van der Waals surface area (Å²) >= 11 is 0. The van der Waals surface area contributed by atoms with Gasteiger partial charge in [-0.2, -0.15) is 5.10 Å². The highest BCUT2D eigenvalue weighted by molar-refractivity contribution is 5.94. The normalized spacial score (nSPS) is 10.6. The molecule has 0 saturated heterocycles. The van der Waals surface area contributed by atoms with Crippen LogP contribution in [0.3, 0.4) is 0 Å². The van der Waals surface area contributed by atoms with Crippen LogP contribution in [0.1, 0.15) is 21.5 Å². The van der Waals surface area contributed by atoms with Gasteiger partial charge in [0.15, 0.2) is 11.6 Å². The molecular weight excluding hydrogens is 359 g/mol. The maximum absolute atomic E-state index is 13.6. The number of rotatable bonds is 7. The molecule has 0 radical (unpaired) electrons. The number of carbonyl (C=O) groups is 1. The summed E-state index contributed by atoms with van der Waals surface area (Å²) in [6.45, 7) is 0.410. The number of ether oxygens (including phenoxy) is 2. The zero-order valence-electron chi connectivity index (χ0n) is 15.3. The second-order valence-electron chi connectivity index (χ2n) is 5.89. The Balaban J connectivity index is 1.53. The summed E-state index contributed by atoms with van der Waals surface area (Å²) in [5.41, 5.74) is 4.33. The van der Waals surface area contributed by atoms with E-state index in [1.54, 1.807) is 18.2 Å². The maximum Gasteiger partial charge on any atom is 0.271 e. The minimum absolute atomic E-state index is 0.150. The second-order valence-corrected chi connectivity index (χ2v) is 5.89. The number of para-hydroxylation sites is 1. The van der Waals surface area contributed by atoms with Gasteiger partial charge in [-0.1, -0.05) is 30.3 Å². The number of carbonyl (C=O) groups excluding carboxylic acids is 1. The minimum atomic E-state index is -0.494. The molecule has 6 heteroatoms. The van der Waals surface area contributed by atoms with Crippen molar-refractivity contribution in [2.75, 3.05) is 7.11 Å². The Kier molecular flexibility index (Phi) is 6.36. The predicted molar refractivity (Wildman–Crippen MR) is 105 cm³/mol. The molecule has 0 saturated carbocycles. The van der Waals surface area contributed by atoms with Crippen molar-refractivity contribution in [1.29, 1.82) is 0 Å². The fourth-order valence-corrected chi connectivity index (χ4v) is 2.43. The summed E-state index contributed by atoms with van der Waals surface area (Å²) in [6.07, 6.45) is 1.36. The number of amides is 1. The van der Waals surface area contributed by atoms with Crippen LogP contribution in [0.15, 0.2) is 77.9 Å². The van der Waals surface area contributed by atoms with E-state index in [2.05, 4.69) is 10.5 Å². The van der Waals surface area contributed by atoms with Crippen molar-refractivity contribution < 1.29 is 18.7 Å². The average Bonchev–Trinajstić information content (AvgIpc) is 2.73. The fraction of sp³-hybridized carbons (Fsp3) is 0.0909. The molecule has 0 bridgehead atoms. The molecule has 0 unspecified atom stereocenters. The molecule has 0 aromatic heterocycles. The summed E-state index contributed by atoms with van der Waals surface area (Å²) in [5, 5.41) is 3.86. The van der Waals surface area contributed by atoms with Crippen LogP contribution >= 0.6 is 0 Å². The predicted octanol–water partition coefficient (Wildman–Crippen LogP) is 4.18. The Hall–Kier alpha value is -3.67. The highest BCUT2D eigenvalue weighted by atomic mass is 19.1. The number of halogens is 1. The molecule has 1 amide bonds. The average molecular weight is 378 g/mol. The molecular formula is C22H19FN2O3. The molecule has 5 nitrogen and oxygen atoms in total. The van der Waals surface area contributed by atoms with E-state index < -0.39 is 5.82 Å². The Labute approximate surface area is 162 Å². The number of hydrogen-bond donors (Lipinski definition) is 1. The quantitative estimate of drug-likeness (QED) is 0.496. The maximum atomic E-state index is 13.6. The van der Waals surface area contributed by atoms with Gasteiger partial charge in [-0.25, -0.2) is 9.82 Å². The first kappa shape index (κ1) is 19.1. The van der Waals surface area contributed by atoms with E-state index in [0.717, 1.165) is 11.3 Å². The molecule has 3 aromatic carbocycles. The van der Waals surface area contributed by atoms with Gasteiger partial charge in [0, 0.05) is 5.56 Å². The highest BCUT2D eigenvalue weighted by Gasteiger charge is 2.05. The van der Waals surface area contributed by atoms with Crippen LogP contribution < -0.4 is 14.9 Å². The number of methoxy groups -OCH3 is 1. The molecule has 142 valence electrons. The van der Waals surface area contributed by atoms with Crippen molar-refractivity contribution in [3.05, 3.63) is 95.3 Å². The van der Waals surface area contributed by atoms with Crippen molar-refractivity contribution >= 4 is 12.1 Å². The first-order valence-electron chi connectivity index (χ1n) is 8.59. The van der Waals surface area contributed by atoms with Gasteiger partial charge < -0.3 is 9.47 Å². The molecule has 0 spiro atoms. The largest absolute Gasteiger partial charge is 0.494 e. The lowest BCUT2D eigenvalue weighted by atomic mass is 10.1. The van der Waals surface area contributed by atoms with E-state index in [-0.39, 0.29) is 11.7 Å². The van der Waals surface area contributed by atoms with Crippen molar-refractivity contribution in [1.82, 2.24) is 5.43 Å². The summed E-state index contributed by atoms with van der Waals surface area (Å²) in [5.74, 6) is 0.0815. The van der Waals surface area contributed by atoms with Crippen LogP contribution in [-0.2, 0) is 6.61 Å². The van der Waals surface area contributed by atoms with E-state index in [4.69, 9.17) is 9.47 Å². The molecule has 0 aliphatic heterocycles. The lowest BCUT2D eigenvalue weighted by Crippen LogP contribution is -2.17. The summed E-state index contributed by atoms with van der Waals surface area (Å²) in [6, 6.07) is 20.9. The van der Waals surface area contributed by atoms with Gasteiger partial charge in [0.05, 0.1) is 13.3 Å². The van der Waals surface area contributed by atoms with E-state index in [1.165, 1.54) is 25.5 Å². The molecule has 28 heavy (non-hydrogen) atoms. The zero-order valence-corrected chi connectivity index (χ0v) is 15.3. The molecule has 0 heterocycles. The number of hydrazone groups is 1. The van der Waals surface area contributed by atoms with E-state index >= 15 is 0 Å². The molecule has 0 aliphatic rings. The van der Waals surface area contributed by atoms with Crippen LogP contribution in [0.2, 0.25) is 0 Å². The second kappa shape index (κ2) is 9.32. The van der Waals surface area contributed by atoms with Crippen molar-refractivity contribution in [2.45, 2.75) is 6.61 Å². The summed E-state index contributed by atoms with van der Waals surface area (Å²) < 4.78 is 24.1. The lowest BCUT2D eigenvalue weighted by Gasteiger charge is -2.06.